The number of aliphatic imine (C=N–C) groups is 1. The van der Waals surface area contributed by atoms with E-state index < -0.39 is 0 Å². The first-order valence-corrected chi connectivity index (χ1v) is 10.1. The van der Waals surface area contributed by atoms with Crippen LogP contribution in [0.4, 0.5) is 10.2 Å². The largest absolute Gasteiger partial charge is 0.357 e. The van der Waals surface area contributed by atoms with E-state index in [1.54, 1.807) is 12.3 Å². The normalized spacial score (nSPS) is 17.1. The van der Waals surface area contributed by atoms with Crippen molar-refractivity contribution in [2.75, 3.05) is 31.1 Å². The number of aromatic amines is 1. The summed E-state index contributed by atoms with van der Waals surface area (Å²) in [7, 11) is 0. The summed E-state index contributed by atoms with van der Waals surface area (Å²) in [5, 5.41) is 6.75. The number of pyridine rings is 1. The molecule has 0 bridgehead atoms. The van der Waals surface area contributed by atoms with Crippen LogP contribution in [-0.2, 0) is 6.42 Å². The lowest BCUT2D eigenvalue weighted by Crippen LogP contribution is -2.44. The molecule has 152 valence electrons. The molecule has 1 aromatic carbocycles. The summed E-state index contributed by atoms with van der Waals surface area (Å²) in [5.74, 6) is 1.85. The maximum atomic E-state index is 14.0. The van der Waals surface area contributed by atoms with E-state index in [0.717, 1.165) is 48.7 Å². The average Bonchev–Trinajstić information content (AvgIpc) is 3.35. The van der Waals surface area contributed by atoms with E-state index >= 15 is 0 Å². The Bertz CT molecular complexity index is 951. The van der Waals surface area contributed by atoms with Crippen LogP contribution < -0.4 is 15.5 Å². The Morgan fingerprint density at radius 2 is 2.21 bits per heavy atom. The zero-order chi connectivity index (χ0) is 20.1. The quantitative estimate of drug-likeness (QED) is 0.441. The van der Waals surface area contributed by atoms with Crippen LogP contribution in [0.25, 0.3) is 11.0 Å². The van der Waals surface area contributed by atoms with Crippen molar-refractivity contribution in [3.63, 3.8) is 0 Å². The number of H-pyrrole nitrogens is 1. The summed E-state index contributed by atoms with van der Waals surface area (Å²) in [6.45, 7) is 4.91. The fraction of sp³-hybridized carbons (Fsp3) is 0.381. The van der Waals surface area contributed by atoms with Gasteiger partial charge in [-0.3, -0.25) is 4.99 Å². The number of para-hydroxylation sites is 2. The molecule has 0 amide bonds. The molecule has 3 heterocycles. The van der Waals surface area contributed by atoms with E-state index in [2.05, 4.69) is 30.6 Å². The highest BCUT2D eigenvalue weighted by Gasteiger charge is 2.25. The van der Waals surface area contributed by atoms with Gasteiger partial charge in [0.25, 0.3) is 0 Å². The molecule has 0 saturated carbocycles. The van der Waals surface area contributed by atoms with Crippen molar-refractivity contribution in [3.8, 4) is 0 Å². The molecular formula is C21H26FN7. The minimum atomic E-state index is -0.278. The zero-order valence-corrected chi connectivity index (χ0v) is 16.5. The van der Waals surface area contributed by atoms with E-state index in [-0.39, 0.29) is 11.9 Å². The van der Waals surface area contributed by atoms with Crippen LogP contribution in [0.5, 0.6) is 0 Å². The highest BCUT2D eigenvalue weighted by Crippen LogP contribution is 2.20. The van der Waals surface area contributed by atoms with Gasteiger partial charge in [-0.05, 0) is 37.6 Å². The molecule has 2 aromatic heterocycles. The number of aromatic nitrogens is 3. The van der Waals surface area contributed by atoms with E-state index in [1.165, 1.54) is 6.07 Å². The summed E-state index contributed by atoms with van der Waals surface area (Å²) >= 11 is 0. The lowest BCUT2D eigenvalue weighted by atomic mass is 10.3. The van der Waals surface area contributed by atoms with Gasteiger partial charge in [-0.1, -0.05) is 12.1 Å². The van der Waals surface area contributed by atoms with Gasteiger partial charge >= 0.3 is 0 Å². The second kappa shape index (κ2) is 8.89. The number of imidazole rings is 1. The second-order valence-corrected chi connectivity index (χ2v) is 7.10. The summed E-state index contributed by atoms with van der Waals surface area (Å²) in [5.41, 5.74) is 2.02. The molecule has 1 aliphatic rings. The van der Waals surface area contributed by atoms with Crippen LogP contribution in [0.2, 0.25) is 0 Å². The lowest BCUT2D eigenvalue weighted by Gasteiger charge is -2.19. The number of nitrogens with zero attached hydrogens (tertiary/aromatic N) is 4. The number of fused-ring (bicyclic) bond motifs is 1. The van der Waals surface area contributed by atoms with Crippen LogP contribution in [0.3, 0.4) is 0 Å². The Morgan fingerprint density at radius 1 is 1.31 bits per heavy atom. The lowest BCUT2D eigenvalue weighted by molar-refractivity contribution is 0.612. The molecule has 1 unspecified atom stereocenters. The zero-order valence-electron chi connectivity index (χ0n) is 16.5. The molecule has 8 heteroatoms. The SMILES string of the molecule is CCNC(=NCCc1nc2ccccc2[nH]1)NC1CCN(c2ncccc2F)C1. The van der Waals surface area contributed by atoms with Crippen molar-refractivity contribution in [2.45, 2.75) is 25.8 Å². The average molecular weight is 395 g/mol. The fourth-order valence-electron chi connectivity index (χ4n) is 3.59. The number of guanidine groups is 1. The summed E-state index contributed by atoms with van der Waals surface area (Å²) in [6, 6.07) is 11.3. The first kappa shape index (κ1) is 19.2. The predicted molar refractivity (Wildman–Crippen MR) is 114 cm³/mol. The number of anilines is 1. The number of nitrogens with one attached hydrogen (secondary N) is 3. The molecule has 3 N–H and O–H groups in total. The van der Waals surface area contributed by atoms with E-state index in [0.29, 0.717) is 18.9 Å². The predicted octanol–water partition coefficient (Wildman–Crippen LogP) is 2.47. The minimum Gasteiger partial charge on any atom is -0.357 e. The van der Waals surface area contributed by atoms with Crippen molar-refractivity contribution < 1.29 is 4.39 Å². The Balaban J connectivity index is 1.34. The van der Waals surface area contributed by atoms with Crippen LogP contribution in [0, 0.1) is 5.82 Å². The summed E-state index contributed by atoms with van der Waals surface area (Å²) in [4.78, 5) is 18.8. The maximum Gasteiger partial charge on any atom is 0.191 e. The van der Waals surface area contributed by atoms with Gasteiger partial charge in [-0.15, -0.1) is 0 Å². The maximum absolute atomic E-state index is 14.0. The van der Waals surface area contributed by atoms with Gasteiger partial charge in [0.05, 0.1) is 11.0 Å². The number of rotatable bonds is 6. The van der Waals surface area contributed by atoms with E-state index in [4.69, 9.17) is 0 Å². The van der Waals surface area contributed by atoms with Crippen LogP contribution in [0.15, 0.2) is 47.6 Å². The molecule has 0 spiro atoms. The van der Waals surface area contributed by atoms with Gasteiger partial charge in [-0.25, -0.2) is 14.4 Å². The molecule has 1 saturated heterocycles. The summed E-state index contributed by atoms with van der Waals surface area (Å²) < 4.78 is 14.0. The van der Waals surface area contributed by atoms with Gasteiger partial charge in [0.1, 0.15) is 5.82 Å². The molecule has 0 radical (unpaired) electrons. The Labute approximate surface area is 169 Å². The third-order valence-corrected chi connectivity index (χ3v) is 4.97. The van der Waals surface area contributed by atoms with Crippen molar-refractivity contribution in [3.05, 3.63) is 54.2 Å². The standard InChI is InChI=1S/C21H26FN7/c1-2-23-21(25-12-9-19-27-17-7-3-4-8-18(17)28-19)26-15-10-13-29(14-15)20-16(22)6-5-11-24-20/h3-8,11,15H,2,9-10,12-14H2,1H3,(H,27,28)(H2,23,25,26). The Kier molecular flexibility index (Phi) is 5.88. The molecule has 1 fully saturated rings. The van der Waals surface area contributed by atoms with Crippen molar-refractivity contribution >= 4 is 22.8 Å². The van der Waals surface area contributed by atoms with Crippen LogP contribution in [0.1, 0.15) is 19.2 Å². The van der Waals surface area contributed by atoms with E-state index in [9.17, 15) is 4.39 Å². The van der Waals surface area contributed by atoms with Gasteiger partial charge in [0.15, 0.2) is 17.6 Å². The molecular weight excluding hydrogens is 369 g/mol. The smallest absolute Gasteiger partial charge is 0.191 e. The van der Waals surface area contributed by atoms with Crippen LogP contribution >= 0.6 is 0 Å². The summed E-state index contributed by atoms with van der Waals surface area (Å²) in [6.07, 6.45) is 3.27. The molecule has 7 nitrogen and oxygen atoms in total. The van der Waals surface area contributed by atoms with Gasteiger partial charge < -0.3 is 20.5 Å². The number of hydrogen-bond acceptors (Lipinski definition) is 4. The monoisotopic (exact) mass is 395 g/mol. The third kappa shape index (κ3) is 4.64. The molecule has 3 aromatic rings. The molecule has 1 atom stereocenters. The minimum absolute atomic E-state index is 0.195. The third-order valence-electron chi connectivity index (χ3n) is 4.97. The second-order valence-electron chi connectivity index (χ2n) is 7.10. The van der Waals surface area contributed by atoms with Crippen molar-refractivity contribution in [1.29, 1.82) is 0 Å². The Hall–Kier alpha value is -3.16. The number of halogens is 1. The highest BCUT2D eigenvalue weighted by molar-refractivity contribution is 5.80. The van der Waals surface area contributed by atoms with Gasteiger partial charge in [-0.2, -0.15) is 0 Å². The molecule has 1 aliphatic heterocycles. The van der Waals surface area contributed by atoms with Gasteiger partial charge in [0.2, 0.25) is 0 Å². The van der Waals surface area contributed by atoms with Crippen LogP contribution in [-0.4, -0.2) is 53.1 Å². The first-order chi connectivity index (χ1) is 14.2. The molecule has 0 aliphatic carbocycles. The van der Waals surface area contributed by atoms with E-state index in [1.807, 2.05) is 36.1 Å². The highest BCUT2D eigenvalue weighted by atomic mass is 19.1. The van der Waals surface area contributed by atoms with Crippen molar-refractivity contribution in [1.82, 2.24) is 25.6 Å². The van der Waals surface area contributed by atoms with Crippen molar-refractivity contribution in [2.24, 2.45) is 4.99 Å². The molecule has 4 rings (SSSR count). The molecule has 29 heavy (non-hydrogen) atoms. The fourth-order valence-corrected chi connectivity index (χ4v) is 3.59. The first-order valence-electron chi connectivity index (χ1n) is 10.1. The topological polar surface area (TPSA) is 81.2 Å². The number of hydrogen-bond donors (Lipinski definition) is 3. The van der Waals surface area contributed by atoms with Gasteiger partial charge in [0, 0.05) is 44.8 Å². The number of benzene rings is 1. The Morgan fingerprint density at radius 3 is 3.03 bits per heavy atom.